The molecule has 2 rings (SSSR count). The fourth-order valence-corrected chi connectivity index (χ4v) is 1.68. The Hall–Kier alpha value is -2.43. The van der Waals surface area contributed by atoms with Gasteiger partial charge >= 0.3 is 0 Å². The Morgan fingerprint density at radius 1 is 1.26 bits per heavy atom. The fraction of sp³-hybridized carbons (Fsp3) is 0.143. The maximum absolute atomic E-state index is 13.3. The Morgan fingerprint density at radius 3 is 2.63 bits per heavy atom. The second-order valence-electron chi connectivity index (χ2n) is 4.28. The third-order valence-corrected chi connectivity index (χ3v) is 2.74. The summed E-state index contributed by atoms with van der Waals surface area (Å²) in [6.45, 7) is 3.67. The van der Waals surface area contributed by atoms with Crippen LogP contribution >= 0.6 is 0 Å². The van der Waals surface area contributed by atoms with Gasteiger partial charge in [-0.05, 0) is 44.2 Å². The Morgan fingerprint density at radius 2 is 2.00 bits per heavy atom. The third kappa shape index (κ3) is 2.88. The van der Waals surface area contributed by atoms with E-state index in [1.165, 1.54) is 12.1 Å². The fourth-order valence-electron chi connectivity index (χ4n) is 1.68. The number of benzene rings is 1. The van der Waals surface area contributed by atoms with Gasteiger partial charge in [-0.15, -0.1) is 0 Å². The third-order valence-electron chi connectivity index (χ3n) is 2.74. The van der Waals surface area contributed by atoms with Crippen molar-refractivity contribution in [3.8, 4) is 0 Å². The van der Waals surface area contributed by atoms with Crippen molar-refractivity contribution < 1.29 is 9.18 Å². The van der Waals surface area contributed by atoms with Crippen LogP contribution in [0.2, 0.25) is 0 Å². The highest BCUT2D eigenvalue weighted by molar-refractivity contribution is 6.04. The molecule has 0 aliphatic carbocycles. The van der Waals surface area contributed by atoms with Crippen molar-refractivity contribution in [3.63, 3.8) is 0 Å². The molecule has 1 aromatic carbocycles. The second kappa shape index (κ2) is 5.06. The van der Waals surface area contributed by atoms with Crippen molar-refractivity contribution in [1.29, 1.82) is 0 Å². The van der Waals surface area contributed by atoms with Gasteiger partial charge in [0.15, 0.2) is 0 Å². The van der Waals surface area contributed by atoms with Gasteiger partial charge in [-0.3, -0.25) is 9.78 Å². The molecule has 3 N–H and O–H groups in total. The number of anilines is 2. The van der Waals surface area contributed by atoms with Crippen molar-refractivity contribution >= 4 is 17.3 Å². The number of nitrogens with zero attached hydrogens (tertiary/aromatic N) is 1. The largest absolute Gasteiger partial charge is 0.396 e. The summed E-state index contributed by atoms with van der Waals surface area (Å²) in [6, 6.07) is 7.52. The highest BCUT2D eigenvalue weighted by Crippen LogP contribution is 2.16. The van der Waals surface area contributed by atoms with Crippen molar-refractivity contribution in [3.05, 3.63) is 53.1 Å². The molecule has 0 bridgehead atoms. The smallest absolute Gasteiger partial charge is 0.255 e. The van der Waals surface area contributed by atoms with Crippen LogP contribution in [0.25, 0.3) is 0 Å². The molecule has 0 saturated carbocycles. The lowest BCUT2D eigenvalue weighted by molar-refractivity contribution is 0.102. The number of pyridine rings is 1. The lowest BCUT2D eigenvalue weighted by Crippen LogP contribution is -2.13. The number of nitrogens with one attached hydrogen (secondary N) is 1. The van der Waals surface area contributed by atoms with Crippen LogP contribution in [-0.2, 0) is 0 Å². The number of nitrogens with two attached hydrogens (primary N) is 1. The van der Waals surface area contributed by atoms with Gasteiger partial charge < -0.3 is 11.1 Å². The first-order chi connectivity index (χ1) is 8.97. The summed E-state index contributed by atoms with van der Waals surface area (Å²) in [5, 5.41) is 2.69. The number of carbonyl (C=O) groups excluding carboxylic acids is 1. The zero-order valence-corrected chi connectivity index (χ0v) is 10.7. The van der Waals surface area contributed by atoms with Gasteiger partial charge in [0, 0.05) is 11.3 Å². The monoisotopic (exact) mass is 259 g/mol. The minimum atomic E-state index is -0.605. The number of aromatic nitrogens is 1. The molecule has 0 spiro atoms. The van der Waals surface area contributed by atoms with Crippen molar-refractivity contribution in [2.24, 2.45) is 0 Å². The highest BCUT2D eigenvalue weighted by Gasteiger charge is 2.10. The number of carbonyl (C=O) groups is 1. The van der Waals surface area contributed by atoms with Crippen LogP contribution in [0.5, 0.6) is 0 Å². The molecule has 1 amide bonds. The average molecular weight is 259 g/mol. The molecule has 5 heteroatoms. The Balaban J connectivity index is 2.23. The van der Waals surface area contributed by atoms with E-state index < -0.39 is 11.7 Å². The van der Waals surface area contributed by atoms with E-state index in [1.54, 1.807) is 19.1 Å². The lowest BCUT2D eigenvalue weighted by Gasteiger charge is -2.08. The summed E-state index contributed by atoms with van der Waals surface area (Å²) >= 11 is 0. The molecule has 2 aromatic rings. The standard InChI is InChI=1S/C14H14FN3O/c1-8-3-6-13(9(2)17-8)18-14(19)10-4-5-12(16)11(15)7-10/h3-7H,16H2,1-2H3,(H,18,19). The van der Waals surface area contributed by atoms with Gasteiger partial charge in [-0.25, -0.2) is 4.39 Å². The zero-order valence-electron chi connectivity index (χ0n) is 10.7. The molecule has 0 radical (unpaired) electrons. The van der Waals surface area contributed by atoms with Crippen LogP contribution in [0.15, 0.2) is 30.3 Å². The van der Waals surface area contributed by atoms with Gasteiger partial charge in [0.05, 0.1) is 17.1 Å². The van der Waals surface area contributed by atoms with Gasteiger partial charge in [-0.2, -0.15) is 0 Å². The van der Waals surface area contributed by atoms with Crippen LogP contribution in [-0.4, -0.2) is 10.9 Å². The Bertz CT molecular complexity index is 641. The van der Waals surface area contributed by atoms with Crippen LogP contribution in [0, 0.1) is 19.7 Å². The lowest BCUT2D eigenvalue weighted by atomic mass is 10.1. The second-order valence-corrected chi connectivity index (χ2v) is 4.28. The van der Waals surface area contributed by atoms with E-state index in [0.29, 0.717) is 11.4 Å². The molecule has 19 heavy (non-hydrogen) atoms. The van der Waals surface area contributed by atoms with Crippen LogP contribution in [0.1, 0.15) is 21.7 Å². The number of nitrogen functional groups attached to an aromatic ring is 1. The molecule has 98 valence electrons. The van der Waals surface area contributed by atoms with Crippen molar-refractivity contribution in [2.45, 2.75) is 13.8 Å². The summed E-state index contributed by atoms with van der Waals surface area (Å²) < 4.78 is 13.3. The first-order valence-electron chi connectivity index (χ1n) is 5.78. The SMILES string of the molecule is Cc1ccc(NC(=O)c2ccc(N)c(F)c2)c(C)n1. The van der Waals surface area contributed by atoms with E-state index in [0.717, 1.165) is 11.8 Å². The Kier molecular flexibility index (Phi) is 3.46. The number of hydrogen-bond donors (Lipinski definition) is 2. The number of hydrogen-bond acceptors (Lipinski definition) is 3. The maximum Gasteiger partial charge on any atom is 0.255 e. The summed E-state index contributed by atoms with van der Waals surface area (Å²) in [4.78, 5) is 16.2. The first-order valence-corrected chi connectivity index (χ1v) is 5.78. The van der Waals surface area contributed by atoms with Crippen molar-refractivity contribution in [2.75, 3.05) is 11.1 Å². The summed E-state index contributed by atoms with van der Waals surface area (Å²) in [5.74, 6) is -1.00. The summed E-state index contributed by atoms with van der Waals surface area (Å²) in [5.41, 5.74) is 7.78. The predicted molar refractivity (Wildman–Crippen MR) is 72.5 cm³/mol. The van der Waals surface area contributed by atoms with E-state index in [-0.39, 0.29) is 11.3 Å². The Labute approximate surface area is 110 Å². The topological polar surface area (TPSA) is 68.0 Å². The van der Waals surface area contributed by atoms with E-state index >= 15 is 0 Å². The molecule has 0 aliphatic rings. The minimum Gasteiger partial charge on any atom is -0.396 e. The van der Waals surface area contributed by atoms with E-state index in [1.807, 2.05) is 6.92 Å². The molecular weight excluding hydrogens is 245 g/mol. The van der Waals surface area contributed by atoms with E-state index in [2.05, 4.69) is 10.3 Å². The minimum absolute atomic E-state index is 0.0183. The van der Waals surface area contributed by atoms with Crippen molar-refractivity contribution in [1.82, 2.24) is 4.98 Å². The first kappa shape index (κ1) is 13.0. The molecule has 0 unspecified atom stereocenters. The number of rotatable bonds is 2. The average Bonchev–Trinajstić information content (AvgIpc) is 2.36. The molecule has 0 aliphatic heterocycles. The van der Waals surface area contributed by atoms with E-state index in [4.69, 9.17) is 5.73 Å². The van der Waals surface area contributed by atoms with Gasteiger partial charge in [0.2, 0.25) is 0 Å². The van der Waals surface area contributed by atoms with E-state index in [9.17, 15) is 9.18 Å². The maximum atomic E-state index is 13.3. The molecule has 1 aromatic heterocycles. The van der Waals surface area contributed by atoms with Gasteiger partial charge in [0.25, 0.3) is 5.91 Å². The zero-order chi connectivity index (χ0) is 14.0. The van der Waals surface area contributed by atoms with Crippen LogP contribution < -0.4 is 11.1 Å². The molecule has 4 nitrogen and oxygen atoms in total. The van der Waals surface area contributed by atoms with Gasteiger partial charge in [-0.1, -0.05) is 0 Å². The molecule has 0 atom stereocenters. The predicted octanol–water partition coefficient (Wildman–Crippen LogP) is 2.67. The molecular formula is C14H14FN3O. The molecule has 1 heterocycles. The highest BCUT2D eigenvalue weighted by atomic mass is 19.1. The quantitative estimate of drug-likeness (QED) is 0.815. The molecule has 0 fully saturated rings. The van der Waals surface area contributed by atoms with Gasteiger partial charge in [0.1, 0.15) is 5.82 Å². The molecule has 0 saturated heterocycles. The normalized spacial score (nSPS) is 10.3. The summed E-state index contributed by atoms with van der Waals surface area (Å²) in [7, 11) is 0. The summed E-state index contributed by atoms with van der Waals surface area (Å²) in [6.07, 6.45) is 0. The van der Waals surface area contributed by atoms with Crippen LogP contribution in [0.4, 0.5) is 15.8 Å². The number of aryl methyl sites for hydroxylation is 2. The number of amides is 1. The number of halogens is 1. The van der Waals surface area contributed by atoms with Crippen LogP contribution in [0.3, 0.4) is 0 Å².